The predicted molar refractivity (Wildman–Crippen MR) is 50.2 cm³/mol. The molecule has 0 aromatic rings. The Balaban J connectivity index is 3.08. The van der Waals surface area contributed by atoms with Gasteiger partial charge in [-0.25, -0.2) is 0 Å². The summed E-state index contributed by atoms with van der Waals surface area (Å²) in [4.78, 5) is 0. The van der Waals surface area contributed by atoms with Crippen LogP contribution >= 0.6 is 0 Å². The summed E-state index contributed by atoms with van der Waals surface area (Å²) in [7, 11) is 0. The molecule has 3 heteroatoms. The maximum atomic E-state index is 9.56. The molecule has 0 aromatic carbocycles. The van der Waals surface area contributed by atoms with E-state index in [0.717, 1.165) is 5.57 Å². The Kier molecular flexibility index (Phi) is 2.80. The summed E-state index contributed by atoms with van der Waals surface area (Å²) in [5.41, 5.74) is 1.36. The smallest absolute Gasteiger partial charge is 0.101 e. The lowest BCUT2D eigenvalue weighted by Crippen LogP contribution is -2.40. The predicted octanol–water partition coefficient (Wildman–Crippen LogP) is 0.447. The number of aliphatic hydroxyl groups is 3. The van der Waals surface area contributed by atoms with Crippen LogP contribution < -0.4 is 0 Å². The summed E-state index contributed by atoms with van der Waals surface area (Å²) in [5.74, 6) is 0. The average molecular weight is 186 g/mol. The van der Waals surface area contributed by atoms with Gasteiger partial charge in [-0.2, -0.15) is 0 Å². The molecule has 0 bridgehead atoms. The van der Waals surface area contributed by atoms with Crippen LogP contribution in [0.4, 0.5) is 0 Å². The van der Waals surface area contributed by atoms with Gasteiger partial charge in [-0.05, 0) is 29.9 Å². The topological polar surface area (TPSA) is 60.7 Å². The number of aliphatic hydroxyl groups excluding tert-OH is 3. The zero-order chi connectivity index (χ0) is 10.2. The molecule has 0 saturated carbocycles. The van der Waals surface area contributed by atoms with E-state index in [0.29, 0.717) is 12.0 Å². The SMILES string of the molecule is CC1=C(CO)C(C)(C)C[C@H](O)[C@H]1O. The van der Waals surface area contributed by atoms with Crippen molar-refractivity contribution in [3.05, 3.63) is 11.1 Å². The number of rotatable bonds is 1. The maximum absolute atomic E-state index is 9.56. The first-order chi connectivity index (χ1) is 5.90. The summed E-state index contributed by atoms with van der Waals surface area (Å²) < 4.78 is 0. The molecule has 0 aromatic heterocycles. The van der Waals surface area contributed by atoms with Crippen LogP contribution in [0.2, 0.25) is 0 Å². The Labute approximate surface area is 78.7 Å². The molecule has 0 radical (unpaired) electrons. The Morgan fingerprint density at radius 1 is 1.38 bits per heavy atom. The van der Waals surface area contributed by atoms with E-state index in [9.17, 15) is 10.2 Å². The molecule has 0 aliphatic heterocycles. The fourth-order valence-corrected chi connectivity index (χ4v) is 2.10. The molecular formula is C10H18O3. The molecule has 0 heterocycles. The Bertz CT molecular complexity index is 230. The first-order valence-electron chi connectivity index (χ1n) is 4.57. The third-order valence-electron chi connectivity index (χ3n) is 2.98. The van der Waals surface area contributed by atoms with E-state index in [1.807, 2.05) is 13.8 Å². The van der Waals surface area contributed by atoms with Crippen LogP contribution in [0.25, 0.3) is 0 Å². The van der Waals surface area contributed by atoms with E-state index >= 15 is 0 Å². The molecule has 3 nitrogen and oxygen atoms in total. The van der Waals surface area contributed by atoms with Gasteiger partial charge in [-0.15, -0.1) is 0 Å². The van der Waals surface area contributed by atoms with Gasteiger partial charge in [0, 0.05) is 0 Å². The summed E-state index contributed by atoms with van der Waals surface area (Å²) in [5, 5.41) is 28.2. The van der Waals surface area contributed by atoms with E-state index in [-0.39, 0.29) is 12.0 Å². The third kappa shape index (κ3) is 1.77. The van der Waals surface area contributed by atoms with Gasteiger partial charge in [0.15, 0.2) is 0 Å². The quantitative estimate of drug-likeness (QED) is 0.521. The lowest BCUT2D eigenvalue weighted by Gasteiger charge is -2.39. The molecule has 0 unspecified atom stereocenters. The average Bonchev–Trinajstić information content (AvgIpc) is 2.00. The minimum absolute atomic E-state index is 0.0391. The number of hydrogen-bond acceptors (Lipinski definition) is 3. The van der Waals surface area contributed by atoms with E-state index in [4.69, 9.17) is 5.11 Å². The zero-order valence-corrected chi connectivity index (χ0v) is 8.41. The monoisotopic (exact) mass is 186 g/mol. The third-order valence-corrected chi connectivity index (χ3v) is 2.98. The van der Waals surface area contributed by atoms with E-state index in [2.05, 4.69) is 0 Å². The minimum Gasteiger partial charge on any atom is -0.392 e. The molecule has 1 aliphatic carbocycles. The maximum Gasteiger partial charge on any atom is 0.101 e. The van der Waals surface area contributed by atoms with Crippen molar-refractivity contribution in [2.75, 3.05) is 6.61 Å². The van der Waals surface area contributed by atoms with Crippen LogP contribution in [-0.4, -0.2) is 34.1 Å². The first kappa shape index (κ1) is 10.7. The Hall–Kier alpha value is -0.380. The minimum atomic E-state index is -0.810. The molecule has 0 saturated heterocycles. The molecule has 1 aliphatic rings. The van der Waals surface area contributed by atoms with Gasteiger partial charge in [0.25, 0.3) is 0 Å². The Morgan fingerprint density at radius 3 is 2.38 bits per heavy atom. The normalized spacial score (nSPS) is 33.7. The van der Waals surface area contributed by atoms with E-state index < -0.39 is 12.2 Å². The van der Waals surface area contributed by atoms with Crippen molar-refractivity contribution in [3.63, 3.8) is 0 Å². The van der Waals surface area contributed by atoms with Gasteiger partial charge in [0.1, 0.15) is 6.10 Å². The lowest BCUT2D eigenvalue weighted by atomic mass is 9.71. The fourth-order valence-electron chi connectivity index (χ4n) is 2.10. The first-order valence-corrected chi connectivity index (χ1v) is 4.57. The van der Waals surface area contributed by atoms with Crippen molar-refractivity contribution in [2.45, 2.75) is 39.4 Å². The van der Waals surface area contributed by atoms with Crippen LogP contribution in [-0.2, 0) is 0 Å². The molecular weight excluding hydrogens is 168 g/mol. The number of hydrogen-bond donors (Lipinski definition) is 3. The van der Waals surface area contributed by atoms with Crippen molar-refractivity contribution < 1.29 is 15.3 Å². The highest BCUT2D eigenvalue weighted by atomic mass is 16.3. The second-order valence-electron chi connectivity index (χ2n) is 4.42. The van der Waals surface area contributed by atoms with Crippen molar-refractivity contribution in [3.8, 4) is 0 Å². The van der Waals surface area contributed by atoms with Crippen LogP contribution in [0.3, 0.4) is 0 Å². The Morgan fingerprint density at radius 2 is 1.92 bits per heavy atom. The van der Waals surface area contributed by atoms with Gasteiger partial charge < -0.3 is 15.3 Å². The van der Waals surface area contributed by atoms with Crippen molar-refractivity contribution in [1.29, 1.82) is 0 Å². The molecule has 1 rings (SSSR count). The van der Waals surface area contributed by atoms with E-state index in [1.54, 1.807) is 6.92 Å². The van der Waals surface area contributed by atoms with Gasteiger partial charge in [-0.1, -0.05) is 13.8 Å². The largest absolute Gasteiger partial charge is 0.392 e. The van der Waals surface area contributed by atoms with Gasteiger partial charge >= 0.3 is 0 Å². The molecule has 0 spiro atoms. The molecule has 76 valence electrons. The summed E-state index contributed by atoms with van der Waals surface area (Å²) >= 11 is 0. The second-order valence-corrected chi connectivity index (χ2v) is 4.42. The highest BCUT2D eigenvalue weighted by Crippen LogP contribution is 2.39. The fraction of sp³-hybridized carbons (Fsp3) is 0.800. The standard InChI is InChI=1S/C10H18O3/c1-6-7(5-11)10(2,3)4-8(12)9(6)13/h8-9,11-13H,4-5H2,1-3H3/t8-,9-/m0/s1. The van der Waals surface area contributed by atoms with Crippen LogP contribution in [0, 0.1) is 5.41 Å². The van der Waals surface area contributed by atoms with Crippen LogP contribution in [0.1, 0.15) is 27.2 Å². The van der Waals surface area contributed by atoms with Gasteiger partial charge in [0.2, 0.25) is 0 Å². The lowest BCUT2D eigenvalue weighted by molar-refractivity contribution is 0.00260. The highest BCUT2D eigenvalue weighted by molar-refractivity contribution is 5.27. The zero-order valence-electron chi connectivity index (χ0n) is 8.41. The molecule has 2 atom stereocenters. The van der Waals surface area contributed by atoms with Gasteiger partial charge in [-0.3, -0.25) is 0 Å². The summed E-state index contributed by atoms with van der Waals surface area (Å²) in [6.45, 7) is 5.66. The summed E-state index contributed by atoms with van der Waals surface area (Å²) in [6, 6.07) is 0. The van der Waals surface area contributed by atoms with Crippen LogP contribution in [0.15, 0.2) is 11.1 Å². The highest BCUT2D eigenvalue weighted by Gasteiger charge is 2.37. The van der Waals surface area contributed by atoms with Crippen molar-refractivity contribution in [1.82, 2.24) is 0 Å². The van der Waals surface area contributed by atoms with Crippen LogP contribution in [0.5, 0.6) is 0 Å². The molecule has 13 heavy (non-hydrogen) atoms. The van der Waals surface area contributed by atoms with Crippen molar-refractivity contribution in [2.24, 2.45) is 5.41 Å². The second kappa shape index (κ2) is 3.40. The molecule has 0 amide bonds. The molecule has 3 N–H and O–H groups in total. The van der Waals surface area contributed by atoms with Crippen molar-refractivity contribution >= 4 is 0 Å². The van der Waals surface area contributed by atoms with Gasteiger partial charge in [0.05, 0.1) is 12.7 Å². The summed E-state index contributed by atoms with van der Waals surface area (Å²) in [6.07, 6.45) is -1.01. The van der Waals surface area contributed by atoms with E-state index in [1.165, 1.54) is 0 Å². The molecule has 0 fully saturated rings.